The summed E-state index contributed by atoms with van der Waals surface area (Å²) in [5, 5.41) is 8.36. The first-order chi connectivity index (χ1) is 6.40. The van der Waals surface area contributed by atoms with E-state index < -0.39 is 0 Å². The van der Waals surface area contributed by atoms with Crippen molar-refractivity contribution in [3.63, 3.8) is 0 Å². The number of benzene rings is 1. The van der Waals surface area contributed by atoms with Crippen LogP contribution in [0.4, 0.5) is 0 Å². The van der Waals surface area contributed by atoms with E-state index in [0.29, 0.717) is 0 Å². The van der Waals surface area contributed by atoms with Gasteiger partial charge in [-0.05, 0) is 29.3 Å². The van der Waals surface area contributed by atoms with Crippen LogP contribution in [0, 0.1) is 11.3 Å². The van der Waals surface area contributed by atoms with Crippen molar-refractivity contribution < 1.29 is 4.74 Å². The van der Waals surface area contributed by atoms with Crippen LogP contribution in [-0.2, 0) is 6.42 Å². The lowest BCUT2D eigenvalue weighted by molar-refractivity contribution is 0.357. The fourth-order valence-electron chi connectivity index (χ4n) is 1.44. The van der Waals surface area contributed by atoms with Crippen molar-refractivity contribution in [1.29, 1.82) is 5.26 Å². The minimum absolute atomic E-state index is 0.779. The Morgan fingerprint density at radius 2 is 2.38 bits per heavy atom. The smallest absolute Gasteiger partial charge is 0.122 e. The first kappa shape index (κ1) is 7.88. The molecule has 1 aliphatic heterocycles. The Kier molecular flexibility index (Phi) is 2.01. The Balaban J connectivity index is 2.32. The van der Waals surface area contributed by atoms with Gasteiger partial charge in [0.25, 0.3) is 0 Å². The van der Waals surface area contributed by atoms with Gasteiger partial charge >= 0.3 is 0 Å². The molecular weight excluding hydrogens is 162 g/mol. The Bertz CT molecular complexity index is 388. The average Bonchev–Trinajstić information content (AvgIpc) is 2.61. The molecule has 2 nitrogen and oxygen atoms in total. The van der Waals surface area contributed by atoms with Gasteiger partial charge in [0.15, 0.2) is 0 Å². The van der Waals surface area contributed by atoms with E-state index in [1.54, 1.807) is 6.08 Å². The molecule has 0 spiro atoms. The molecular formula is C11H9NO. The normalized spacial score (nSPS) is 13.8. The number of allylic oxidation sites excluding steroid dienone is 1. The Morgan fingerprint density at radius 3 is 3.23 bits per heavy atom. The van der Waals surface area contributed by atoms with Gasteiger partial charge in [-0.25, -0.2) is 0 Å². The van der Waals surface area contributed by atoms with Crippen LogP contribution in [0.3, 0.4) is 0 Å². The predicted molar refractivity (Wildman–Crippen MR) is 50.3 cm³/mol. The molecule has 0 aliphatic carbocycles. The number of rotatable bonds is 1. The second-order valence-corrected chi connectivity index (χ2v) is 2.93. The summed E-state index contributed by atoms with van der Waals surface area (Å²) in [4.78, 5) is 0. The zero-order chi connectivity index (χ0) is 9.10. The highest BCUT2D eigenvalue weighted by Crippen LogP contribution is 2.26. The summed E-state index contributed by atoms with van der Waals surface area (Å²) < 4.78 is 5.37. The van der Waals surface area contributed by atoms with Crippen molar-refractivity contribution in [3.8, 4) is 11.8 Å². The third kappa shape index (κ3) is 1.54. The first-order valence-corrected chi connectivity index (χ1v) is 4.22. The van der Waals surface area contributed by atoms with Crippen LogP contribution in [0.15, 0.2) is 24.3 Å². The summed E-state index contributed by atoms with van der Waals surface area (Å²) >= 11 is 0. The highest BCUT2D eigenvalue weighted by Gasteiger charge is 2.10. The molecule has 1 aromatic rings. The van der Waals surface area contributed by atoms with Gasteiger partial charge in [-0.1, -0.05) is 6.07 Å². The maximum atomic E-state index is 8.36. The van der Waals surface area contributed by atoms with E-state index in [0.717, 1.165) is 24.3 Å². The number of ether oxygens (including phenoxy) is 1. The van der Waals surface area contributed by atoms with E-state index in [2.05, 4.69) is 6.07 Å². The highest BCUT2D eigenvalue weighted by molar-refractivity contribution is 5.55. The Morgan fingerprint density at radius 1 is 1.46 bits per heavy atom. The van der Waals surface area contributed by atoms with Crippen LogP contribution >= 0.6 is 0 Å². The molecule has 2 heteroatoms. The van der Waals surface area contributed by atoms with Gasteiger partial charge in [0.05, 0.1) is 12.7 Å². The summed E-state index contributed by atoms with van der Waals surface area (Å²) in [5.74, 6) is 0.981. The third-order valence-corrected chi connectivity index (χ3v) is 2.06. The number of hydrogen-bond acceptors (Lipinski definition) is 2. The fourth-order valence-corrected chi connectivity index (χ4v) is 1.44. The van der Waals surface area contributed by atoms with Gasteiger partial charge in [0, 0.05) is 12.5 Å². The topological polar surface area (TPSA) is 33.0 Å². The lowest BCUT2D eigenvalue weighted by Crippen LogP contribution is -1.85. The lowest BCUT2D eigenvalue weighted by Gasteiger charge is -1.98. The molecule has 2 rings (SSSR count). The molecule has 0 saturated heterocycles. The summed E-state index contributed by atoms with van der Waals surface area (Å²) in [5.41, 5.74) is 2.30. The molecule has 0 radical (unpaired) electrons. The van der Waals surface area contributed by atoms with Crippen LogP contribution in [0.25, 0.3) is 6.08 Å². The van der Waals surface area contributed by atoms with Crippen molar-refractivity contribution in [3.05, 3.63) is 35.4 Å². The summed E-state index contributed by atoms with van der Waals surface area (Å²) in [7, 11) is 0. The summed E-state index contributed by atoms with van der Waals surface area (Å²) in [6.07, 6.45) is 4.26. The molecule has 1 aliphatic rings. The van der Waals surface area contributed by atoms with E-state index in [4.69, 9.17) is 10.00 Å². The second-order valence-electron chi connectivity index (χ2n) is 2.93. The second kappa shape index (κ2) is 3.32. The molecule has 0 N–H and O–H groups in total. The van der Waals surface area contributed by atoms with E-state index in [1.165, 1.54) is 11.6 Å². The average molecular weight is 171 g/mol. The molecule has 0 fully saturated rings. The van der Waals surface area contributed by atoms with E-state index in [1.807, 2.05) is 18.2 Å². The van der Waals surface area contributed by atoms with Gasteiger partial charge in [-0.3, -0.25) is 0 Å². The summed E-state index contributed by atoms with van der Waals surface area (Å²) in [6, 6.07) is 7.95. The third-order valence-electron chi connectivity index (χ3n) is 2.06. The predicted octanol–water partition coefficient (Wildman–Crippen LogP) is 2.16. The molecule has 0 unspecified atom stereocenters. The molecule has 0 aromatic heterocycles. The van der Waals surface area contributed by atoms with Gasteiger partial charge in [0.1, 0.15) is 5.75 Å². The minimum atomic E-state index is 0.779. The maximum Gasteiger partial charge on any atom is 0.122 e. The number of fused-ring (bicyclic) bond motifs is 1. The van der Waals surface area contributed by atoms with Crippen LogP contribution in [0.1, 0.15) is 11.1 Å². The van der Waals surface area contributed by atoms with Gasteiger partial charge < -0.3 is 4.74 Å². The maximum absolute atomic E-state index is 8.36. The molecule has 64 valence electrons. The lowest BCUT2D eigenvalue weighted by atomic mass is 10.1. The standard InChI is InChI=1S/C11H9NO/c12-6-1-2-9-3-4-11-10(8-9)5-7-13-11/h1-4,8H,5,7H2. The Labute approximate surface area is 77.1 Å². The van der Waals surface area contributed by atoms with Crippen molar-refractivity contribution in [2.75, 3.05) is 6.61 Å². The highest BCUT2D eigenvalue weighted by atomic mass is 16.5. The minimum Gasteiger partial charge on any atom is -0.493 e. The van der Waals surface area contributed by atoms with Crippen molar-refractivity contribution in [2.45, 2.75) is 6.42 Å². The van der Waals surface area contributed by atoms with Gasteiger partial charge in [-0.15, -0.1) is 0 Å². The molecule has 13 heavy (non-hydrogen) atoms. The quantitative estimate of drug-likeness (QED) is 0.606. The monoisotopic (exact) mass is 171 g/mol. The number of nitriles is 1. The molecule has 0 amide bonds. The zero-order valence-electron chi connectivity index (χ0n) is 7.16. The van der Waals surface area contributed by atoms with Gasteiger partial charge in [-0.2, -0.15) is 5.26 Å². The van der Waals surface area contributed by atoms with E-state index in [-0.39, 0.29) is 0 Å². The molecule has 0 saturated carbocycles. The molecule has 0 atom stereocenters. The number of hydrogen-bond donors (Lipinski definition) is 0. The number of nitrogens with zero attached hydrogens (tertiary/aromatic N) is 1. The van der Waals surface area contributed by atoms with Crippen LogP contribution in [0.2, 0.25) is 0 Å². The van der Waals surface area contributed by atoms with Crippen molar-refractivity contribution in [2.24, 2.45) is 0 Å². The first-order valence-electron chi connectivity index (χ1n) is 4.22. The van der Waals surface area contributed by atoms with Crippen LogP contribution in [-0.4, -0.2) is 6.61 Å². The van der Waals surface area contributed by atoms with E-state index in [9.17, 15) is 0 Å². The largest absolute Gasteiger partial charge is 0.493 e. The van der Waals surface area contributed by atoms with Crippen molar-refractivity contribution in [1.82, 2.24) is 0 Å². The zero-order valence-corrected chi connectivity index (χ0v) is 7.16. The van der Waals surface area contributed by atoms with Crippen LogP contribution in [0.5, 0.6) is 5.75 Å². The fraction of sp³-hybridized carbons (Fsp3) is 0.182. The molecule has 0 bridgehead atoms. The van der Waals surface area contributed by atoms with E-state index >= 15 is 0 Å². The van der Waals surface area contributed by atoms with Crippen molar-refractivity contribution >= 4 is 6.08 Å². The Hall–Kier alpha value is -1.75. The molecule has 1 heterocycles. The SMILES string of the molecule is N#CC=Cc1ccc2c(c1)CCO2. The van der Waals surface area contributed by atoms with Crippen LogP contribution < -0.4 is 4.74 Å². The molecule has 1 aromatic carbocycles. The summed E-state index contributed by atoms with van der Waals surface area (Å²) in [6.45, 7) is 0.779. The van der Waals surface area contributed by atoms with Gasteiger partial charge in [0.2, 0.25) is 0 Å².